The van der Waals surface area contributed by atoms with Gasteiger partial charge in [0.2, 0.25) is 0 Å². The van der Waals surface area contributed by atoms with Crippen molar-refractivity contribution in [1.29, 1.82) is 0 Å². The Morgan fingerprint density at radius 3 is 2.62 bits per heavy atom. The van der Waals surface area contributed by atoms with Gasteiger partial charge in [-0.05, 0) is 18.9 Å². The summed E-state index contributed by atoms with van der Waals surface area (Å²) in [5, 5.41) is 0. The van der Waals surface area contributed by atoms with Gasteiger partial charge in [0.15, 0.2) is 0 Å². The first-order chi connectivity index (χ1) is 6.33. The molecule has 1 unspecified atom stereocenters. The second-order valence-corrected chi connectivity index (χ2v) is 3.25. The molecule has 71 valence electrons. The quantitative estimate of drug-likeness (QED) is 0.671. The third-order valence-electron chi connectivity index (χ3n) is 1.99. The molecule has 1 atom stereocenters. The van der Waals surface area contributed by atoms with Crippen LogP contribution in [0.4, 0.5) is 0 Å². The highest BCUT2D eigenvalue weighted by Gasteiger charge is 1.99. The third kappa shape index (κ3) is 4.09. The standard InChI is InChI=1S/C12H17O/c1-3-7-11(2)13-10-12-8-5-4-6-9-12/h4-6,8-9,11H,1,3,7,10H2,2H3. The van der Waals surface area contributed by atoms with E-state index in [9.17, 15) is 0 Å². The average Bonchev–Trinajstić information content (AvgIpc) is 2.17. The zero-order chi connectivity index (χ0) is 9.52. The Balaban J connectivity index is 2.27. The Morgan fingerprint density at radius 2 is 2.00 bits per heavy atom. The van der Waals surface area contributed by atoms with Crippen LogP contribution in [0.3, 0.4) is 0 Å². The molecule has 0 aliphatic rings. The minimum Gasteiger partial charge on any atom is -0.374 e. The van der Waals surface area contributed by atoms with Crippen LogP contribution in [-0.2, 0) is 11.3 Å². The molecule has 1 heteroatoms. The first-order valence-corrected chi connectivity index (χ1v) is 4.77. The third-order valence-corrected chi connectivity index (χ3v) is 1.99. The summed E-state index contributed by atoms with van der Waals surface area (Å²) in [5.74, 6) is 0. The molecule has 0 bridgehead atoms. The van der Waals surface area contributed by atoms with Crippen molar-refractivity contribution in [2.24, 2.45) is 0 Å². The van der Waals surface area contributed by atoms with E-state index in [0.29, 0.717) is 12.7 Å². The van der Waals surface area contributed by atoms with Gasteiger partial charge in [-0.3, -0.25) is 0 Å². The van der Waals surface area contributed by atoms with Crippen LogP contribution in [0.15, 0.2) is 30.3 Å². The predicted molar refractivity (Wildman–Crippen MR) is 55.3 cm³/mol. The Labute approximate surface area is 80.7 Å². The van der Waals surface area contributed by atoms with Crippen LogP contribution >= 0.6 is 0 Å². The zero-order valence-corrected chi connectivity index (χ0v) is 8.20. The van der Waals surface area contributed by atoms with Crippen molar-refractivity contribution in [2.45, 2.75) is 32.5 Å². The largest absolute Gasteiger partial charge is 0.374 e. The van der Waals surface area contributed by atoms with Crippen molar-refractivity contribution in [3.63, 3.8) is 0 Å². The Hall–Kier alpha value is -0.820. The Kier molecular flexibility index (Phi) is 4.55. The van der Waals surface area contributed by atoms with E-state index < -0.39 is 0 Å². The van der Waals surface area contributed by atoms with E-state index in [2.05, 4.69) is 26.0 Å². The predicted octanol–water partition coefficient (Wildman–Crippen LogP) is 3.21. The van der Waals surface area contributed by atoms with Gasteiger partial charge in [0.25, 0.3) is 0 Å². The number of ether oxygens (including phenoxy) is 1. The molecule has 13 heavy (non-hydrogen) atoms. The molecule has 0 aliphatic heterocycles. The molecular weight excluding hydrogens is 160 g/mol. The van der Waals surface area contributed by atoms with E-state index in [1.807, 2.05) is 18.2 Å². The molecule has 0 heterocycles. The summed E-state index contributed by atoms with van der Waals surface area (Å²) in [6.07, 6.45) is 2.29. The first-order valence-electron chi connectivity index (χ1n) is 4.77. The average molecular weight is 177 g/mol. The van der Waals surface area contributed by atoms with Crippen LogP contribution in [0, 0.1) is 6.92 Å². The van der Waals surface area contributed by atoms with E-state index in [1.165, 1.54) is 5.56 Å². The number of hydrogen-bond donors (Lipinski definition) is 0. The van der Waals surface area contributed by atoms with E-state index in [1.54, 1.807) is 0 Å². The summed E-state index contributed by atoms with van der Waals surface area (Å²) in [6, 6.07) is 10.2. The molecule has 1 rings (SSSR count). The fourth-order valence-electron chi connectivity index (χ4n) is 1.18. The van der Waals surface area contributed by atoms with Crippen molar-refractivity contribution >= 4 is 0 Å². The highest BCUT2D eigenvalue weighted by molar-refractivity contribution is 5.13. The summed E-state index contributed by atoms with van der Waals surface area (Å²) in [6.45, 7) is 6.60. The van der Waals surface area contributed by atoms with Gasteiger partial charge in [0, 0.05) is 0 Å². The fourth-order valence-corrected chi connectivity index (χ4v) is 1.18. The molecule has 1 radical (unpaired) electrons. The molecule has 1 aromatic rings. The second-order valence-electron chi connectivity index (χ2n) is 3.25. The number of rotatable bonds is 5. The number of hydrogen-bond acceptors (Lipinski definition) is 1. The SMILES string of the molecule is [CH2]CCC(C)OCc1ccccc1. The first kappa shape index (κ1) is 10.3. The lowest BCUT2D eigenvalue weighted by molar-refractivity contribution is 0.0482. The van der Waals surface area contributed by atoms with Crippen LogP contribution in [0.25, 0.3) is 0 Å². The van der Waals surface area contributed by atoms with E-state index >= 15 is 0 Å². The summed E-state index contributed by atoms with van der Waals surface area (Å²) in [7, 11) is 0. The summed E-state index contributed by atoms with van der Waals surface area (Å²) >= 11 is 0. The second kappa shape index (κ2) is 5.76. The fraction of sp³-hybridized carbons (Fsp3) is 0.417. The molecule has 0 amide bonds. The van der Waals surface area contributed by atoms with Gasteiger partial charge < -0.3 is 4.74 Å². The van der Waals surface area contributed by atoms with Crippen LogP contribution in [0.2, 0.25) is 0 Å². The summed E-state index contributed by atoms with van der Waals surface area (Å²) in [4.78, 5) is 0. The Bertz CT molecular complexity index is 218. The van der Waals surface area contributed by atoms with Gasteiger partial charge in [-0.1, -0.05) is 43.7 Å². The molecule has 0 saturated heterocycles. The topological polar surface area (TPSA) is 9.23 Å². The maximum absolute atomic E-state index is 5.63. The Morgan fingerprint density at radius 1 is 1.31 bits per heavy atom. The van der Waals surface area contributed by atoms with Crippen LogP contribution in [0.1, 0.15) is 25.3 Å². The van der Waals surface area contributed by atoms with Crippen LogP contribution < -0.4 is 0 Å². The summed E-state index contributed by atoms with van der Waals surface area (Å²) in [5.41, 5.74) is 1.23. The molecule has 0 spiro atoms. The molecule has 0 fully saturated rings. The van der Waals surface area contributed by atoms with Crippen molar-refractivity contribution < 1.29 is 4.74 Å². The van der Waals surface area contributed by atoms with E-state index in [-0.39, 0.29) is 0 Å². The van der Waals surface area contributed by atoms with E-state index in [0.717, 1.165) is 12.8 Å². The van der Waals surface area contributed by atoms with Gasteiger partial charge in [-0.15, -0.1) is 0 Å². The van der Waals surface area contributed by atoms with Crippen molar-refractivity contribution in [3.05, 3.63) is 42.8 Å². The number of benzene rings is 1. The monoisotopic (exact) mass is 177 g/mol. The maximum Gasteiger partial charge on any atom is 0.0720 e. The molecule has 0 aromatic heterocycles. The van der Waals surface area contributed by atoms with Crippen molar-refractivity contribution in [3.8, 4) is 0 Å². The lowest BCUT2D eigenvalue weighted by atomic mass is 10.2. The van der Waals surface area contributed by atoms with Gasteiger partial charge >= 0.3 is 0 Å². The smallest absolute Gasteiger partial charge is 0.0720 e. The zero-order valence-electron chi connectivity index (χ0n) is 8.20. The highest BCUT2D eigenvalue weighted by atomic mass is 16.5. The molecular formula is C12H17O. The normalized spacial score (nSPS) is 12.8. The molecule has 0 N–H and O–H groups in total. The van der Waals surface area contributed by atoms with Crippen molar-refractivity contribution in [2.75, 3.05) is 0 Å². The van der Waals surface area contributed by atoms with Crippen LogP contribution in [-0.4, -0.2) is 6.10 Å². The van der Waals surface area contributed by atoms with Gasteiger partial charge in [0.05, 0.1) is 12.7 Å². The minimum atomic E-state index is 0.317. The molecule has 0 saturated carbocycles. The van der Waals surface area contributed by atoms with E-state index in [4.69, 9.17) is 4.74 Å². The lowest BCUT2D eigenvalue weighted by Crippen LogP contribution is -2.07. The van der Waals surface area contributed by atoms with Gasteiger partial charge in [-0.25, -0.2) is 0 Å². The maximum atomic E-state index is 5.63. The summed E-state index contributed by atoms with van der Waals surface area (Å²) < 4.78 is 5.63. The molecule has 1 aromatic carbocycles. The molecule has 0 aliphatic carbocycles. The minimum absolute atomic E-state index is 0.317. The lowest BCUT2D eigenvalue weighted by Gasteiger charge is -2.11. The van der Waals surface area contributed by atoms with Crippen LogP contribution in [0.5, 0.6) is 0 Å². The van der Waals surface area contributed by atoms with Gasteiger partial charge in [0.1, 0.15) is 0 Å². The molecule has 1 nitrogen and oxygen atoms in total. The van der Waals surface area contributed by atoms with Crippen molar-refractivity contribution in [1.82, 2.24) is 0 Å². The van der Waals surface area contributed by atoms with Gasteiger partial charge in [-0.2, -0.15) is 0 Å². The highest BCUT2D eigenvalue weighted by Crippen LogP contribution is 2.06.